The minimum absolute atomic E-state index is 0.119. The van der Waals surface area contributed by atoms with Crippen LogP contribution in [0.3, 0.4) is 0 Å². The van der Waals surface area contributed by atoms with Crippen molar-refractivity contribution in [3.63, 3.8) is 0 Å². The molecule has 6 heteroatoms. The van der Waals surface area contributed by atoms with Gasteiger partial charge < -0.3 is 10.0 Å². The molecule has 0 unspecified atom stereocenters. The highest BCUT2D eigenvalue weighted by atomic mass is 32.1. The lowest BCUT2D eigenvalue weighted by molar-refractivity contribution is 0.0382. The number of aryl methyl sites for hydroxylation is 2. The highest BCUT2D eigenvalue weighted by Crippen LogP contribution is 2.34. The number of hydrogen-bond acceptors (Lipinski definition) is 5. The predicted octanol–water partition coefficient (Wildman–Crippen LogP) is 2.15. The maximum absolute atomic E-state index is 12.4. The number of rotatable bonds is 2. The molecular formula is C16H19N3O2S. The molecule has 0 aliphatic carbocycles. The van der Waals surface area contributed by atoms with Crippen LogP contribution in [0.15, 0.2) is 23.8 Å². The van der Waals surface area contributed by atoms with Gasteiger partial charge in [0.05, 0.1) is 18.0 Å². The van der Waals surface area contributed by atoms with E-state index in [1.807, 2.05) is 6.92 Å². The van der Waals surface area contributed by atoms with Crippen LogP contribution in [0.25, 0.3) is 0 Å². The maximum Gasteiger partial charge on any atom is 0.274 e. The summed E-state index contributed by atoms with van der Waals surface area (Å²) in [6.45, 7) is 4.88. The minimum atomic E-state index is -0.534. The Bertz CT molecular complexity index is 668. The zero-order valence-corrected chi connectivity index (χ0v) is 13.5. The number of hydrogen-bond donors (Lipinski definition) is 1. The van der Waals surface area contributed by atoms with E-state index in [0.29, 0.717) is 18.8 Å². The first kappa shape index (κ1) is 15.1. The fraction of sp³-hybridized carbons (Fsp3) is 0.438. The molecule has 1 fully saturated rings. The van der Waals surface area contributed by atoms with Crippen molar-refractivity contribution in [2.75, 3.05) is 13.1 Å². The maximum atomic E-state index is 12.4. The predicted molar refractivity (Wildman–Crippen MR) is 85.1 cm³/mol. The molecule has 2 aromatic rings. The van der Waals surface area contributed by atoms with Crippen molar-refractivity contribution in [2.45, 2.75) is 32.3 Å². The van der Waals surface area contributed by atoms with Crippen molar-refractivity contribution in [3.8, 4) is 0 Å². The summed E-state index contributed by atoms with van der Waals surface area (Å²) in [6, 6.07) is 2.08. The molecule has 3 heterocycles. The molecule has 1 saturated heterocycles. The molecule has 0 aromatic carbocycles. The first-order chi connectivity index (χ1) is 10.6. The SMILES string of the molecule is Cc1cnc(C(=O)N2CC[C@H](c3sccc3C)[C@@H](O)C2)cn1. The molecule has 1 aliphatic heterocycles. The standard InChI is InChI=1S/C16H19N3O2S/c1-10-4-6-22-15(10)12-3-5-19(9-14(12)20)16(21)13-8-17-11(2)7-18-13/h4,6-8,12,14,20H,3,5,9H2,1-2H3/t12-,14-/m0/s1. The quantitative estimate of drug-likeness (QED) is 0.921. The molecule has 0 saturated carbocycles. The second kappa shape index (κ2) is 6.14. The summed E-state index contributed by atoms with van der Waals surface area (Å²) in [5, 5.41) is 12.5. The van der Waals surface area contributed by atoms with Gasteiger partial charge in [0.25, 0.3) is 5.91 Å². The molecule has 22 heavy (non-hydrogen) atoms. The topological polar surface area (TPSA) is 66.3 Å². The largest absolute Gasteiger partial charge is 0.391 e. The number of piperidine rings is 1. The number of amides is 1. The van der Waals surface area contributed by atoms with Gasteiger partial charge in [-0.3, -0.25) is 9.78 Å². The Hall–Kier alpha value is -1.79. The van der Waals surface area contributed by atoms with Crippen LogP contribution < -0.4 is 0 Å². The van der Waals surface area contributed by atoms with E-state index in [9.17, 15) is 9.90 Å². The third-order valence-corrected chi connectivity index (χ3v) is 5.26. The normalized spacial score (nSPS) is 21.9. The molecule has 116 valence electrons. The number of aliphatic hydroxyl groups excluding tert-OH is 1. The Balaban J connectivity index is 1.71. The zero-order valence-electron chi connectivity index (χ0n) is 12.7. The van der Waals surface area contributed by atoms with Crippen LogP contribution in [0.5, 0.6) is 0 Å². The molecule has 5 nitrogen and oxygen atoms in total. The minimum Gasteiger partial charge on any atom is -0.391 e. The van der Waals surface area contributed by atoms with E-state index in [-0.39, 0.29) is 11.8 Å². The lowest BCUT2D eigenvalue weighted by atomic mass is 9.90. The lowest BCUT2D eigenvalue weighted by Crippen LogP contribution is -2.45. The van der Waals surface area contributed by atoms with Crippen LogP contribution in [-0.2, 0) is 0 Å². The number of aliphatic hydroxyl groups is 1. The number of carbonyl (C=O) groups excluding carboxylic acids is 1. The highest BCUT2D eigenvalue weighted by molar-refractivity contribution is 7.10. The molecule has 0 spiro atoms. The van der Waals surface area contributed by atoms with Gasteiger partial charge in [0.2, 0.25) is 0 Å². The monoisotopic (exact) mass is 317 g/mol. The van der Waals surface area contributed by atoms with Crippen LogP contribution in [0.4, 0.5) is 0 Å². The Morgan fingerprint density at radius 2 is 2.18 bits per heavy atom. The van der Waals surface area contributed by atoms with E-state index in [1.165, 1.54) is 16.6 Å². The molecule has 2 atom stereocenters. The summed E-state index contributed by atoms with van der Waals surface area (Å²) in [7, 11) is 0. The number of aromatic nitrogens is 2. The molecule has 1 amide bonds. The van der Waals surface area contributed by atoms with Gasteiger partial charge in [0, 0.05) is 30.1 Å². The fourth-order valence-corrected chi connectivity index (χ4v) is 3.97. The van der Waals surface area contributed by atoms with Crippen LogP contribution in [0.1, 0.15) is 39.0 Å². The smallest absolute Gasteiger partial charge is 0.274 e. The number of carbonyl (C=O) groups is 1. The van der Waals surface area contributed by atoms with Gasteiger partial charge in [-0.25, -0.2) is 4.98 Å². The van der Waals surface area contributed by atoms with Crippen molar-refractivity contribution in [1.82, 2.24) is 14.9 Å². The van der Waals surface area contributed by atoms with E-state index in [2.05, 4.69) is 28.3 Å². The molecule has 0 radical (unpaired) electrons. The molecule has 3 rings (SSSR count). The second-order valence-electron chi connectivity index (χ2n) is 5.72. The van der Waals surface area contributed by atoms with Crippen molar-refractivity contribution in [2.24, 2.45) is 0 Å². The number of thiophene rings is 1. The fourth-order valence-electron chi connectivity index (χ4n) is 2.85. The summed E-state index contributed by atoms with van der Waals surface area (Å²) in [5.41, 5.74) is 2.34. The number of β-amino-alcohol motifs (C(OH)–C–C–N with tert-alkyl or cyclic N) is 1. The third kappa shape index (κ3) is 2.89. The lowest BCUT2D eigenvalue weighted by Gasteiger charge is -2.35. The first-order valence-corrected chi connectivity index (χ1v) is 8.24. The van der Waals surface area contributed by atoms with Crippen LogP contribution in [0, 0.1) is 13.8 Å². The Morgan fingerprint density at radius 3 is 2.77 bits per heavy atom. The number of nitrogens with zero attached hydrogens (tertiary/aromatic N) is 3. The Kier molecular flexibility index (Phi) is 4.22. The Morgan fingerprint density at radius 1 is 1.36 bits per heavy atom. The van der Waals surface area contributed by atoms with E-state index in [4.69, 9.17) is 0 Å². The Labute approximate surface area is 133 Å². The van der Waals surface area contributed by atoms with E-state index < -0.39 is 6.10 Å². The summed E-state index contributed by atoms with van der Waals surface area (Å²) in [4.78, 5) is 23.6. The summed E-state index contributed by atoms with van der Waals surface area (Å²) >= 11 is 1.68. The van der Waals surface area contributed by atoms with Gasteiger partial charge in [-0.2, -0.15) is 0 Å². The van der Waals surface area contributed by atoms with E-state index in [0.717, 1.165) is 12.1 Å². The van der Waals surface area contributed by atoms with Crippen molar-refractivity contribution in [3.05, 3.63) is 45.7 Å². The van der Waals surface area contributed by atoms with Crippen molar-refractivity contribution >= 4 is 17.2 Å². The van der Waals surface area contributed by atoms with E-state index >= 15 is 0 Å². The summed E-state index contributed by atoms with van der Waals surface area (Å²) < 4.78 is 0. The average Bonchev–Trinajstić information content (AvgIpc) is 2.93. The van der Waals surface area contributed by atoms with E-state index in [1.54, 1.807) is 22.4 Å². The zero-order chi connectivity index (χ0) is 15.7. The van der Waals surface area contributed by atoms with Crippen LogP contribution in [0.2, 0.25) is 0 Å². The molecule has 2 aromatic heterocycles. The average molecular weight is 317 g/mol. The third-order valence-electron chi connectivity index (χ3n) is 4.11. The van der Waals surface area contributed by atoms with Gasteiger partial charge in [0.1, 0.15) is 5.69 Å². The van der Waals surface area contributed by atoms with Gasteiger partial charge in [-0.1, -0.05) is 0 Å². The summed E-state index contributed by atoms with van der Waals surface area (Å²) in [5.74, 6) is -0.0407. The first-order valence-electron chi connectivity index (χ1n) is 7.36. The molecular weight excluding hydrogens is 298 g/mol. The molecule has 1 aliphatic rings. The summed E-state index contributed by atoms with van der Waals surface area (Å²) in [6.07, 6.45) is 3.33. The number of likely N-dealkylation sites (tertiary alicyclic amines) is 1. The second-order valence-corrected chi connectivity index (χ2v) is 6.67. The van der Waals surface area contributed by atoms with Crippen LogP contribution in [-0.4, -0.2) is 45.1 Å². The van der Waals surface area contributed by atoms with Gasteiger partial charge in [0.15, 0.2) is 0 Å². The van der Waals surface area contributed by atoms with Crippen molar-refractivity contribution in [1.29, 1.82) is 0 Å². The molecule has 1 N–H and O–H groups in total. The molecule has 0 bridgehead atoms. The van der Waals surface area contributed by atoms with Gasteiger partial charge in [-0.15, -0.1) is 11.3 Å². The van der Waals surface area contributed by atoms with Gasteiger partial charge in [-0.05, 0) is 37.3 Å². The van der Waals surface area contributed by atoms with Crippen LogP contribution >= 0.6 is 11.3 Å². The van der Waals surface area contributed by atoms with Gasteiger partial charge >= 0.3 is 0 Å². The highest BCUT2D eigenvalue weighted by Gasteiger charge is 2.33. The van der Waals surface area contributed by atoms with Crippen molar-refractivity contribution < 1.29 is 9.90 Å².